The number of hydrogen-bond acceptors (Lipinski definition) is 0. The highest BCUT2D eigenvalue weighted by Crippen LogP contribution is 2.48. The normalized spacial score (nSPS) is 12.5. The summed E-state index contributed by atoms with van der Waals surface area (Å²) in [6, 6.07) is 10.3. The summed E-state index contributed by atoms with van der Waals surface area (Å²) in [6.07, 6.45) is -4.37. The Kier molecular flexibility index (Phi) is 4.12. The number of rotatable bonds is 2. The van der Waals surface area contributed by atoms with E-state index in [4.69, 9.17) is 0 Å². The lowest BCUT2D eigenvalue weighted by Crippen LogP contribution is -2.42. The molecule has 0 radical (unpaired) electrons. The van der Waals surface area contributed by atoms with Crippen molar-refractivity contribution in [2.75, 3.05) is 0 Å². The zero-order chi connectivity index (χ0) is 16.7. The largest absolute Gasteiger partial charge is 0.402 e. The van der Waals surface area contributed by atoms with Crippen LogP contribution >= 0.6 is 0 Å². The number of alkyl halides is 3. The van der Waals surface area contributed by atoms with Gasteiger partial charge in [0.15, 0.2) is 0 Å². The first kappa shape index (κ1) is 16.6. The second kappa shape index (κ2) is 5.45. The maximum Gasteiger partial charge on any atom is 0.402 e. The lowest BCUT2D eigenvalue weighted by molar-refractivity contribution is -0.173. The second-order valence-electron chi connectivity index (χ2n) is 6.12. The molecule has 0 aromatic heterocycles. The van der Waals surface area contributed by atoms with E-state index in [2.05, 4.69) is 0 Å². The van der Waals surface area contributed by atoms with Crippen LogP contribution in [0.4, 0.5) is 13.2 Å². The molecule has 0 nitrogen and oxygen atoms in total. The molecule has 2 aromatic rings. The van der Waals surface area contributed by atoms with Gasteiger partial charge in [-0.15, -0.1) is 0 Å². The van der Waals surface area contributed by atoms with Gasteiger partial charge in [0.1, 0.15) is 5.41 Å². The Balaban J connectivity index is 2.86. The van der Waals surface area contributed by atoms with E-state index >= 15 is 0 Å². The fourth-order valence-electron chi connectivity index (χ4n) is 3.04. The van der Waals surface area contributed by atoms with Gasteiger partial charge in [0.05, 0.1) is 0 Å². The molecule has 0 aliphatic carbocycles. The van der Waals surface area contributed by atoms with Crippen molar-refractivity contribution in [3.8, 4) is 0 Å². The number of hydrogen-bond donors (Lipinski definition) is 0. The van der Waals surface area contributed by atoms with Crippen LogP contribution in [0.5, 0.6) is 0 Å². The first-order valence-corrected chi connectivity index (χ1v) is 7.30. The SMILES string of the molecule is Cc1cccc(C(C)(c2cccc(C)c2C)C(F)(F)F)c1C. The molecule has 2 aromatic carbocycles. The van der Waals surface area contributed by atoms with E-state index in [1.165, 1.54) is 6.92 Å². The Bertz CT molecular complexity index is 645. The first-order chi connectivity index (χ1) is 10.1. The van der Waals surface area contributed by atoms with E-state index in [9.17, 15) is 13.2 Å². The van der Waals surface area contributed by atoms with Crippen molar-refractivity contribution in [1.82, 2.24) is 0 Å². The summed E-state index contributed by atoms with van der Waals surface area (Å²) < 4.78 is 42.3. The smallest absolute Gasteiger partial charge is 0.170 e. The van der Waals surface area contributed by atoms with Crippen molar-refractivity contribution in [3.63, 3.8) is 0 Å². The summed E-state index contributed by atoms with van der Waals surface area (Å²) >= 11 is 0. The fraction of sp³-hybridized carbons (Fsp3) is 0.368. The number of aryl methyl sites for hydroxylation is 2. The molecule has 22 heavy (non-hydrogen) atoms. The molecular weight excluding hydrogens is 285 g/mol. The van der Waals surface area contributed by atoms with Gasteiger partial charge in [-0.2, -0.15) is 13.2 Å². The van der Waals surface area contributed by atoms with Gasteiger partial charge in [0.2, 0.25) is 0 Å². The maximum absolute atomic E-state index is 14.1. The minimum absolute atomic E-state index is 0.328. The monoisotopic (exact) mass is 306 g/mol. The van der Waals surface area contributed by atoms with Crippen LogP contribution in [0.2, 0.25) is 0 Å². The second-order valence-corrected chi connectivity index (χ2v) is 6.12. The molecule has 0 aliphatic rings. The van der Waals surface area contributed by atoms with E-state index in [-0.39, 0.29) is 0 Å². The Hall–Kier alpha value is -1.77. The predicted molar refractivity (Wildman–Crippen MR) is 84.3 cm³/mol. The van der Waals surface area contributed by atoms with Crippen LogP contribution in [0, 0.1) is 27.7 Å². The molecule has 0 aliphatic heterocycles. The Morgan fingerprint density at radius 3 is 1.36 bits per heavy atom. The molecule has 2 rings (SSSR count). The van der Waals surface area contributed by atoms with E-state index in [0.29, 0.717) is 22.3 Å². The molecule has 0 atom stereocenters. The summed E-state index contributed by atoms with van der Waals surface area (Å²) in [6.45, 7) is 8.51. The van der Waals surface area contributed by atoms with Gasteiger partial charge in [-0.3, -0.25) is 0 Å². The molecule has 3 heteroatoms. The van der Waals surface area contributed by atoms with E-state index in [1.54, 1.807) is 38.1 Å². The molecule has 0 fully saturated rings. The fourth-order valence-corrected chi connectivity index (χ4v) is 3.04. The standard InChI is InChI=1S/C19H21F3/c1-12-8-6-10-16(14(12)3)18(5,19(20,21)22)17-11-7-9-13(2)15(17)4/h6-11H,1-5H3. The summed E-state index contributed by atoms with van der Waals surface area (Å²) in [4.78, 5) is 0. The van der Waals surface area contributed by atoms with Crippen molar-refractivity contribution >= 4 is 0 Å². The zero-order valence-electron chi connectivity index (χ0n) is 13.6. The molecule has 0 saturated carbocycles. The molecule has 0 spiro atoms. The van der Waals surface area contributed by atoms with Crippen LogP contribution in [0.3, 0.4) is 0 Å². The van der Waals surface area contributed by atoms with Crippen LogP contribution in [0.15, 0.2) is 36.4 Å². The van der Waals surface area contributed by atoms with Crippen molar-refractivity contribution in [3.05, 3.63) is 69.8 Å². The average Bonchev–Trinajstić information content (AvgIpc) is 2.43. The van der Waals surface area contributed by atoms with Crippen LogP contribution in [-0.4, -0.2) is 6.18 Å². The minimum Gasteiger partial charge on any atom is -0.170 e. The highest BCUT2D eigenvalue weighted by atomic mass is 19.4. The minimum atomic E-state index is -4.37. The third-order valence-corrected chi connectivity index (χ3v) is 4.85. The third-order valence-electron chi connectivity index (χ3n) is 4.85. The topological polar surface area (TPSA) is 0 Å². The Morgan fingerprint density at radius 1 is 0.682 bits per heavy atom. The van der Waals surface area contributed by atoms with Crippen molar-refractivity contribution in [2.45, 2.75) is 46.2 Å². The summed E-state index contributed by atoms with van der Waals surface area (Å²) in [5.74, 6) is 0. The predicted octanol–water partition coefficient (Wildman–Crippen LogP) is 5.79. The highest BCUT2D eigenvalue weighted by Gasteiger charge is 2.54. The summed E-state index contributed by atoms with van der Waals surface area (Å²) in [5, 5.41) is 0. The van der Waals surface area contributed by atoms with Gasteiger partial charge < -0.3 is 0 Å². The van der Waals surface area contributed by atoms with Gasteiger partial charge >= 0.3 is 6.18 Å². The third kappa shape index (κ3) is 2.43. The van der Waals surface area contributed by atoms with E-state index < -0.39 is 11.6 Å². The molecule has 118 valence electrons. The number of benzene rings is 2. The quantitative estimate of drug-likeness (QED) is 0.659. The van der Waals surface area contributed by atoms with Gasteiger partial charge in [0.25, 0.3) is 0 Å². The first-order valence-electron chi connectivity index (χ1n) is 7.30. The summed E-state index contributed by atoms with van der Waals surface area (Å²) in [7, 11) is 0. The van der Waals surface area contributed by atoms with Crippen molar-refractivity contribution in [1.29, 1.82) is 0 Å². The average molecular weight is 306 g/mol. The zero-order valence-corrected chi connectivity index (χ0v) is 13.6. The van der Waals surface area contributed by atoms with Crippen LogP contribution in [0.1, 0.15) is 40.3 Å². The summed E-state index contributed by atoms with van der Waals surface area (Å²) in [5.41, 5.74) is 1.78. The molecule has 0 N–H and O–H groups in total. The van der Waals surface area contributed by atoms with Crippen molar-refractivity contribution in [2.24, 2.45) is 0 Å². The molecule has 0 amide bonds. The molecular formula is C19H21F3. The Labute approximate surface area is 130 Å². The molecule has 0 heterocycles. The Morgan fingerprint density at radius 2 is 1.05 bits per heavy atom. The van der Waals surface area contributed by atoms with E-state index in [0.717, 1.165) is 11.1 Å². The van der Waals surface area contributed by atoms with Gasteiger partial charge in [0, 0.05) is 0 Å². The molecule has 0 bridgehead atoms. The number of halogens is 3. The van der Waals surface area contributed by atoms with Crippen LogP contribution in [0.25, 0.3) is 0 Å². The van der Waals surface area contributed by atoms with Gasteiger partial charge in [-0.1, -0.05) is 36.4 Å². The van der Waals surface area contributed by atoms with Crippen molar-refractivity contribution < 1.29 is 13.2 Å². The molecule has 0 saturated heterocycles. The van der Waals surface area contributed by atoms with Gasteiger partial charge in [-0.25, -0.2) is 0 Å². The van der Waals surface area contributed by atoms with Crippen LogP contribution in [-0.2, 0) is 5.41 Å². The lowest BCUT2D eigenvalue weighted by atomic mass is 9.71. The molecule has 0 unspecified atom stereocenters. The highest BCUT2D eigenvalue weighted by molar-refractivity contribution is 5.50. The lowest BCUT2D eigenvalue weighted by Gasteiger charge is -2.36. The van der Waals surface area contributed by atoms with Crippen LogP contribution < -0.4 is 0 Å². The van der Waals surface area contributed by atoms with Gasteiger partial charge in [-0.05, 0) is 68.0 Å². The maximum atomic E-state index is 14.1. The van der Waals surface area contributed by atoms with E-state index in [1.807, 2.05) is 26.0 Å².